The van der Waals surface area contributed by atoms with Gasteiger partial charge in [0.25, 0.3) is 0 Å². The van der Waals surface area contributed by atoms with E-state index in [0.717, 1.165) is 0 Å². The van der Waals surface area contributed by atoms with Crippen LogP contribution in [0.2, 0.25) is 0 Å². The van der Waals surface area contributed by atoms with Gasteiger partial charge in [-0.1, -0.05) is 0 Å². The van der Waals surface area contributed by atoms with E-state index < -0.39 is 29.8 Å². The molecule has 0 radical (unpaired) electrons. The van der Waals surface area contributed by atoms with Gasteiger partial charge in [-0.3, -0.25) is 4.79 Å². The summed E-state index contributed by atoms with van der Waals surface area (Å²) in [6.07, 6.45) is -0.791. The molecule has 0 bridgehead atoms. The van der Waals surface area contributed by atoms with Crippen LogP contribution in [0.15, 0.2) is 0 Å². The number of primary amides is 1. The van der Waals surface area contributed by atoms with Crippen molar-refractivity contribution in [1.29, 1.82) is 0 Å². The zero-order valence-corrected chi connectivity index (χ0v) is 7.65. The maximum atomic E-state index is 11.1. The number of ether oxygens (including phenoxy) is 1. The molecule has 7 heteroatoms. The number of carbonyl (C=O) groups is 3. The molecule has 80 valence electrons. The summed E-state index contributed by atoms with van der Waals surface area (Å²) in [4.78, 5) is 32.2. The number of aliphatic carboxylic acids is 1. The van der Waals surface area contributed by atoms with E-state index in [0.29, 0.717) is 0 Å². The number of esters is 1. The van der Waals surface area contributed by atoms with E-state index in [9.17, 15) is 14.4 Å². The van der Waals surface area contributed by atoms with Gasteiger partial charge < -0.3 is 21.3 Å². The molecule has 0 saturated carbocycles. The third-order valence-electron chi connectivity index (χ3n) is 1.47. The molecule has 1 unspecified atom stereocenters. The van der Waals surface area contributed by atoms with Gasteiger partial charge in [-0.2, -0.15) is 0 Å². The van der Waals surface area contributed by atoms with E-state index in [1.807, 2.05) is 0 Å². The van der Waals surface area contributed by atoms with Gasteiger partial charge in [-0.05, 0) is 6.92 Å². The summed E-state index contributed by atoms with van der Waals surface area (Å²) < 4.78 is 4.42. The first-order valence-corrected chi connectivity index (χ1v) is 3.82. The molecular weight excluding hydrogens is 192 g/mol. The van der Waals surface area contributed by atoms with Crippen LogP contribution in [0.4, 0.5) is 0 Å². The topological polar surface area (TPSA) is 133 Å². The fraction of sp³-hybridized carbons (Fsp3) is 0.571. The van der Waals surface area contributed by atoms with Crippen molar-refractivity contribution in [3.8, 4) is 0 Å². The van der Waals surface area contributed by atoms with Crippen molar-refractivity contribution >= 4 is 17.8 Å². The van der Waals surface area contributed by atoms with Gasteiger partial charge in [0.1, 0.15) is 0 Å². The number of nitrogens with two attached hydrogens (primary N) is 2. The van der Waals surface area contributed by atoms with Crippen molar-refractivity contribution in [3.63, 3.8) is 0 Å². The van der Waals surface area contributed by atoms with Crippen LogP contribution >= 0.6 is 0 Å². The molecule has 0 aliphatic rings. The molecule has 7 nitrogen and oxygen atoms in total. The number of carbonyl (C=O) groups excluding carboxylic acids is 2. The quantitative estimate of drug-likeness (QED) is 0.357. The molecule has 0 spiro atoms. The van der Waals surface area contributed by atoms with Gasteiger partial charge in [-0.15, -0.1) is 0 Å². The molecule has 0 aromatic heterocycles. The number of hydrogen-bond donors (Lipinski definition) is 3. The molecule has 0 aliphatic heterocycles. The van der Waals surface area contributed by atoms with Crippen LogP contribution in [-0.4, -0.2) is 35.1 Å². The van der Waals surface area contributed by atoms with Crippen molar-refractivity contribution in [2.75, 3.05) is 6.61 Å². The Morgan fingerprint density at radius 3 is 2.21 bits per heavy atom. The van der Waals surface area contributed by atoms with Gasteiger partial charge in [-0.25, -0.2) is 9.59 Å². The third-order valence-corrected chi connectivity index (χ3v) is 1.47. The van der Waals surface area contributed by atoms with E-state index in [2.05, 4.69) is 4.74 Å². The molecule has 0 fully saturated rings. The molecule has 0 saturated heterocycles. The standard InChI is InChI=1S/C7H12N2O5/c1-2-14-6(13)7(9,5(11)12)3-4(8)10/h2-3,9H2,1H3,(H2,8,10)(H,11,12). The second-order valence-corrected chi connectivity index (χ2v) is 2.64. The van der Waals surface area contributed by atoms with E-state index in [-0.39, 0.29) is 6.61 Å². The highest BCUT2D eigenvalue weighted by molar-refractivity contribution is 6.07. The minimum atomic E-state index is -2.39. The Labute approximate surface area is 80.0 Å². The predicted molar refractivity (Wildman–Crippen MR) is 45.0 cm³/mol. The number of amides is 1. The van der Waals surface area contributed by atoms with Gasteiger partial charge in [0.05, 0.1) is 13.0 Å². The molecular formula is C7H12N2O5. The van der Waals surface area contributed by atoms with Crippen LogP contribution in [0.5, 0.6) is 0 Å². The molecule has 0 rings (SSSR count). The van der Waals surface area contributed by atoms with Crippen LogP contribution in [0, 0.1) is 0 Å². The van der Waals surface area contributed by atoms with E-state index in [1.165, 1.54) is 6.92 Å². The maximum absolute atomic E-state index is 11.1. The lowest BCUT2D eigenvalue weighted by Crippen LogP contribution is -2.57. The fourth-order valence-corrected chi connectivity index (χ4v) is 0.770. The molecule has 0 aromatic rings. The van der Waals surface area contributed by atoms with Crippen molar-refractivity contribution in [2.24, 2.45) is 11.5 Å². The number of carboxylic acids is 1. The first kappa shape index (κ1) is 12.4. The Hall–Kier alpha value is -1.63. The molecule has 5 N–H and O–H groups in total. The molecule has 1 amide bonds. The first-order valence-electron chi connectivity index (χ1n) is 3.82. The normalized spacial score (nSPS) is 14.1. The number of carboxylic acid groups (broad SMARTS) is 1. The Kier molecular flexibility index (Phi) is 4.03. The lowest BCUT2D eigenvalue weighted by molar-refractivity contribution is -0.162. The fourth-order valence-electron chi connectivity index (χ4n) is 0.770. The van der Waals surface area contributed by atoms with Gasteiger partial charge in [0.2, 0.25) is 11.4 Å². The summed E-state index contributed by atoms with van der Waals surface area (Å²) in [6.45, 7) is 1.47. The summed E-state index contributed by atoms with van der Waals surface area (Å²) >= 11 is 0. The van der Waals surface area contributed by atoms with Crippen LogP contribution in [0.3, 0.4) is 0 Å². The second-order valence-electron chi connectivity index (χ2n) is 2.64. The zero-order chi connectivity index (χ0) is 11.4. The molecule has 1 atom stereocenters. The van der Waals surface area contributed by atoms with Crippen LogP contribution in [-0.2, 0) is 19.1 Å². The third kappa shape index (κ3) is 2.70. The van der Waals surface area contributed by atoms with Crippen molar-refractivity contribution in [3.05, 3.63) is 0 Å². The van der Waals surface area contributed by atoms with Crippen LogP contribution < -0.4 is 11.5 Å². The molecule has 0 aromatic carbocycles. The highest BCUT2D eigenvalue weighted by Crippen LogP contribution is 2.09. The first-order chi connectivity index (χ1) is 6.34. The SMILES string of the molecule is CCOC(=O)C(N)(CC(N)=O)C(=O)O. The maximum Gasteiger partial charge on any atom is 0.338 e. The second kappa shape index (κ2) is 4.56. The average molecular weight is 204 g/mol. The van der Waals surface area contributed by atoms with Crippen molar-refractivity contribution < 1.29 is 24.2 Å². The lowest BCUT2D eigenvalue weighted by atomic mass is 9.96. The minimum Gasteiger partial charge on any atom is -0.479 e. The Morgan fingerprint density at radius 2 is 1.93 bits per heavy atom. The highest BCUT2D eigenvalue weighted by atomic mass is 16.5. The smallest absolute Gasteiger partial charge is 0.338 e. The van der Waals surface area contributed by atoms with E-state index in [4.69, 9.17) is 16.6 Å². The molecule has 0 heterocycles. The average Bonchev–Trinajstić information content (AvgIpc) is 2.02. The van der Waals surface area contributed by atoms with E-state index in [1.54, 1.807) is 0 Å². The largest absolute Gasteiger partial charge is 0.479 e. The van der Waals surface area contributed by atoms with E-state index >= 15 is 0 Å². The number of hydrogen-bond acceptors (Lipinski definition) is 5. The summed E-state index contributed by atoms with van der Waals surface area (Å²) in [5.74, 6) is -3.80. The van der Waals surface area contributed by atoms with Gasteiger partial charge in [0.15, 0.2) is 0 Å². The Morgan fingerprint density at radius 1 is 1.43 bits per heavy atom. The summed E-state index contributed by atoms with van der Waals surface area (Å²) in [6, 6.07) is 0. The number of rotatable bonds is 5. The zero-order valence-electron chi connectivity index (χ0n) is 7.65. The lowest BCUT2D eigenvalue weighted by Gasteiger charge is -2.20. The van der Waals surface area contributed by atoms with Crippen molar-refractivity contribution in [1.82, 2.24) is 0 Å². The summed E-state index contributed by atoms with van der Waals surface area (Å²) in [7, 11) is 0. The monoisotopic (exact) mass is 204 g/mol. The highest BCUT2D eigenvalue weighted by Gasteiger charge is 2.45. The Bertz CT molecular complexity index is 265. The Balaban J connectivity index is 4.80. The van der Waals surface area contributed by atoms with Crippen LogP contribution in [0.1, 0.15) is 13.3 Å². The molecule has 14 heavy (non-hydrogen) atoms. The van der Waals surface area contributed by atoms with Crippen molar-refractivity contribution in [2.45, 2.75) is 18.9 Å². The van der Waals surface area contributed by atoms with Gasteiger partial charge >= 0.3 is 11.9 Å². The van der Waals surface area contributed by atoms with Gasteiger partial charge in [0, 0.05) is 0 Å². The van der Waals surface area contributed by atoms with Crippen LogP contribution in [0.25, 0.3) is 0 Å². The predicted octanol–water partition coefficient (Wildman–Crippen LogP) is -1.79. The minimum absolute atomic E-state index is 0.0240. The molecule has 0 aliphatic carbocycles. The summed E-state index contributed by atoms with van der Waals surface area (Å²) in [5, 5.41) is 8.64. The summed E-state index contributed by atoms with van der Waals surface area (Å²) in [5.41, 5.74) is 7.57.